The fourth-order valence-electron chi connectivity index (χ4n) is 1.82. The number of halogens is 1. The van der Waals surface area contributed by atoms with Gasteiger partial charge in [0.25, 0.3) is 0 Å². The summed E-state index contributed by atoms with van der Waals surface area (Å²) in [7, 11) is -4.04. The number of aromatic nitrogens is 1. The number of nitrogens with zero attached hydrogens (tertiary/aromatic N) is 1. The maximum atomic E-state index is 13.7. The Morgan fingerprint density at radius 3 is 2.50 bits per heavy atom. The van der Waals surface area contributed by atoms with Crippen LogP contribution in [0.5, 0.6) is 0 Å². The molecule has 1 unspecified atom stereocenters. The average molecular weight is 295 g/mol. The number of anilines is 1. The number of nitrogen functional groups attached to an aromatic ring is 1. The van der Waals surface area contributed by atoms with E-state index < -0.39 is 26.8 Å². The van der Waals surface area contributed by atoms with Gasteiger partial charge in [-0.05, 0) is 36.8 Å². The highest BCUT2D eigenvalue weighted by Crippen LogP contribution is 2.23. The van der Waals surface area contributed by atoms with Crippen molar-refractivity contribution in [3.05, 3.63) is 54.1 Å². The summed E-state index contributed by atoms with van der Waals surface area (Å²) >= 11 is 0. The number of hydrogen-bond donors (Lipinski definition) is 2. The largest absolute Gasteiger partial charge is 0.398 e. The highest BCUT2D eigenvalue weighted by atomic mass is 32.2. The lowest BCUT2D eigenvalue weighted by molar-refractivity contribution is 0.548. The Hall–Kier alpha value is -1.99. The second-order valence-corrected chi connectivity index (χ2v) is 5.93. The quantitative estimate of drug-likeness (QED) is 0.843. The molecular formula is C13H14FN3O2S. The van der Waals surface area contributed by atoms with Crippen molar-refractivity contribution in [3.63, 3.8) is 0 Å². The predicted molar refractivity (Wildman–Crippen MR) is 73.8 cm³/mol. The standard InChI is InChI=1S/C13H14FN3O2S/c1-9(10-5-7-16-8-6-10)17-20(18,19)13-11(14)3-2-4-12(13)15/h2-9,17H,15H2,1H3. The van der Waals surface area contributed by atoms with E-state index in [9.17, 15) is 12.8 Å². The fourth-order valence-corrected chi connectivity index (χ4v) is 3.24. The van der Waals surface area contributed by atoms with Crippen LogP contribution in [0.3, 0.4) is 0 Å². The molecule has 20 heavy (non-hydrogen) atoms. The molecule has 0 aliphatic carbocycles. The van der Waals surface area contributed by atoms with Crippen LogP contribution in [-0.4, -0.2) is 13.4 Å². The number of nitrogens with two attached hydrogens (primary N) is 1. The molecule has 0 aliphatic heterocycles. The van der Waals surface area contributed by atoms with Gasteiger partial charge in [0.1, 0.15) is 10.7 Å². The summed E-state index contributed by atoms with van der Waals surface area (Å²) in [6.45, 7) is 1.66. The van der Waals surface area contributed by atoms with Crippen LogP contribution in [0.4, 0.5) is 10.1 Å². The molecule has 2 rings (SSSR count). The molecule has 1 heterocycles. The Bertz CT molecular complexity index is 685. The van der Waals surface area contributed by atoms with Crippen LogP contribution >= 0.6 is 0 Å². The van der Waals surface area contributed by atoms with Gasteiger partial charge in [0.2, 0.25) is 10.0 Å². The molecule has 0 radical (unpaired) electrons. The van der Waals surface area contributed by atoms with Gasteiger partial charge in [-0.15, -0.1) is 0 Å². The molecule has 1 atom stereocenters. The summed E-state index contributed by atoms with van der Waals surface area (Å²) < 4.78 is 40.5. The Morgan fingerprint density at radius 1 is 1.25 bits per heavy atom. The van der Waals surface area contributed by atoms with Crippen molar-refractivity contribution < 1.29 is 12.8 Å². The van der Waals surface area contributed by atoms with Crippen molar-refractivity contribution in [2.45, 2.75) is 17.9 Å². The summed E-state index contributed by atoms with van der Waals surface area (Å²) in [5.41, 5.74) is 6.15. The van der Waals surface area contributed by atoms with Crippen LogP contribution in [0.15, 0.2) is 47.6 Å². The van der Waals surface area contributed by atoms with E-state index in [1.807, 2.05) is 0 Å². The van der Waals surface area contributed by atoms with Crippen molar-refractivity contribution in [1.29, 1.82) is 0 Å². The topological polar surface area (TPSA) is 85.1 Å². The van der Waals surface area contributed by atoms with Crippen LogP contribution in [-0.2, 0) is 10.0 Å². The van der Waals surface area contributed by atoms with E-state index >= 15 is 0 Å². The number of benzene rings is 1. The minimum Gasteiger partial charge on any atom is -0.398 e. The Morgan fingerprint density at radius 2 is 1.90 bits per heavy atom. The van der Waals surface area contributed by atoms with Gasteiger partial charge >= 0.3 is 0 Å². The summed E-state index contributed by atoms with van der Waals surface area (Å²) in [5, 5.41) is 0. The SMILES string of the molecule is CC(NS(=O)(=O)c1c(N)cccc1F)c1ccncc1. The van der Waals surface area contributed by atoms with E-state index in [4.69, 9.17) is 5.73 Å². The van der Waals surface area contributed by atoms with E-state index in [2.05, 4.69) is 9.71 Å². The molecule has 7 heteroatoms. The summed E-state index contributed by atoms with van der Waals surface area (Å²) in [6, 6.07) is 6.59. The smallest absolute Gasteiger partial charge is 0.246 e. The van der Waals surface area contributed by atoms with Gasteiger partial charge in [-0.2, -0.15) is 0 Å². The van der Waals surface area contributed by atoms with Gasteiger partial charge in [0.15, 0.2) is 0 Å². The van der Waals surface area contributed by atoms with E-state index in [-0.39, 0.29) is 5.69 Å². The van der Waals surface area contributed by atoms with Gasteiger partial charge in [-0.3, -0.25) is 4.98 Å². The normalized spacial score (nSPS) is 13.1. The summed E-state index contributed by atoms with van der Waals surface area (Å²) in [4.78, 5) is 3.33. The van der Waals surface area contributed by atoms with Crippen LogP contribution in [0, 0.1) is 5.82 Å². The molecule has 0 amide bonds. The molecule has 0 saturated carbocycles. The molecule has 5 nitrogen and oxygen atoms in total. The van der Waals surface area contributed by atoms with Crippen molar-refractivity contribution in [3.8, 4) is 0 Å². The highest BCUT2D eigenvalue weighted by molar-refractivity contribution is 7.89. The first-order chi connectivity index (χ1) is 9.42. The summed E-state index contributed by atoms with van der Waals surface area (Å²) in [5.74, 6) is -0.876. The van der Waals surface area contributed by atoms with Gasteiger partial charge in [-0.1, -0.05) is 6.07 Å². The third-order valence-electron chi connectivity index (χ3n) is 2.80. The molecule has 0 saturated heterocycles. The van der Waals surface area contributed by atoms with E-state index in [0.29, 0.717) is 0 Å². The fraction of sp³-hybridized carbons (Fsp3) is 0.154. The molecule has 0 aliphatic rings. The first-order valence-corrected chi connectivity index (χ1v) is 7.36. The van der Waals surface area contributed by atoms with Crippen LogP contribution < -0.4 is 10.5 Å². The van der Waals surface area contributed by atoms with E-state index in [1.165, 1.54) is 12.1 Å². The Kier molecular flexibility index (Phi) is 4.01. The first kappa shape index (κ1) is 14.4. The molecule has 1 aromatic carbocycles. The monoisotopic (exact) mass is 295 g/mol. The maximum absolute atomic E-state index is 13.7. The zero-order valence-electron chi connectivity index (χ0n) is 10.7. The maximum Gasteiger partial charge on any atom is 0.246 e. The Balaban J connectivity index is 2.33. The lowest BCUT2D eigenvalue weighted by atomic mass is 10.1. The average Bonchev–Trinajstić information content (AvgIpc) is 2.38. The van der Waals surface area contributed by atoms with Crippen LogP contribution in [0.2, 0.25) is 0 Å². The van der Waals surface area contributed by atoms with Crippen molar-refractivity contribution in [2.24, 2.45) is 0 Å². The summed E-state index contributed by atoms with van der Waals surface area (Å²) in [6.07, 6.45) is 3.11. The zero-order chi connectivity index (χ0) is 14.8. The minimum absolute atomic E-state index is 0.126. The number of pyridine rings is 1. The van der Waals surface area contributed by atoms with Gasteiger partial charge in [0, 0.05) is 18.4 Å². The minimum atomic E-state index is -4.04. The third kappa shape index (κ3) is 2.94. The molecule has 3 N–H and O–H groups in total. The van der Waals surface area contributed by atoms with Gasteiger partial charge < -0.3 is 5.73 Å². The molecule has 1 aromatic heterocycles. The number of rotatable bonds is 4. The number of hydrogen-bond acceptors (Lipinski definition) is 4. The molecule has 0 bridgehead atoms. The molecule has 0 fully saturated rings. The number of nitrogens with one attached hydrogen (secondary N) is 1. The zero-order valence-corrected chi connectivity index (χ0v) is 11.6. The molecule has 2 aromatic rings. The van der Waals surface area contributed by atoms with Crippen LogP contribution in [0.25, 0.3) is 0 Å². The van der Waals surface area contributed by atoms with Crippen molar-refractivity contribution >= 4 is 15.7 Å². The van der Waals surface area contributed by atoms with Gasteiger partial charge in [0.05, 0.1) is 5.69 Å². The lowest BCUT2D eigenvalue weighted by Crippen LogP contribution is -2.28. The predicted octanol–water partition coefficient (Wildman–Crippen LogP) is 1.84. The highest BCUT2D eigenvalue weighted by Gasteiger charge is 2.24. The van der Waals surface area contributed by atoms with Crippen molar-refractivity contribution in [1.82, 2.24) is 9.71 Å². The second kappa shape index (κ2) is 5.56. The Labute approximate surface area is 116 Å². The molecule has 0 spiro atoms. The van der Waals surface area contributed by atoms with E-state index in [0.717, 1.165) is 11.6 Å². The molecule has 106 valence electrons. The van der Waals surface area contributed by atoms with E-state index in [1.54, 1.807) is 31.5 Å². The van der Waals surface area contributed by atoms with Gasteiger partial charge in [-0.25, -0.2) is 17.5 Å². The molecular weight excluding hydrogens is 281 g/mol. The van der Waals surface area contributed by atoms with Crippen molar-refractivity contribution in [2.75, 3.05) is 5.73 Å². The lowest BCUT2D eigenvalue weighted by Gasteiger charge is -2.15. The first-order valence-electron chi connectivity index (χ1n) is 5.88. The number of sulfonamides is 1. The third-order valence-corrected chi connectivity index (χ3v) is 4.44. The second-order valence-electron chi connectivity index (χ2n) is 4.28. The van der Waals surface area contributed by atoms with Crippen LogP contribution in [0.1, 0.15) is 18.5 Å².